The monoisotopic (exact) mass is 374 g/mol. The van der Waals surface area contributed by atoms with Crippen molar-refractivity contribution in [1.29, 1.82) is 0 Å². The first-order valence-electron chi connectivity index (χ1n) is 8.60. The SMILES string of the molecule is CCn1c(=O)oc2cc(S(=O)(=O)N[C@@H](C)CCc3ccccc3)ccc21. The first-order chi connectivity index (χ1) is 12.4. The number of nitrogens with zero attached hydrogens (tertiary/aromatic N) is 1. The van der Waals surface area contributed by atoms with Gasteiger partial charge in [0.2, 0.25) is 10.0 Å². The molecule has 1 heterocycles. The van der Waals surface area contributed by atoms with Gasteiger partial charge in [-0.05, 0) is 44.4 Å². The van der Waals surface area contributed by atoms with Crippen LogP contribution in [0.3, 0.4) is 0 Å². The number of rotatable bonds is 7. The molecule has 0 saturated carbocycles. The summed E-state index contributed by atoms with van der Waals surface area (Å²) in [6.07, 6.45) is 1.48. The Kier molecular flexibility index (Phi) is 5.29. The van der Waals surface area contributed by atoms with E-state index >= 15 is 0 Å². The third kappa shape index (κ3) is 3.89. The smallest absolute Gasteiger partial charge is 0.408 e. The van der Waals surface area contributed by atoms with Crippen LogP contribution in [0.5, 0.6) is 0 Å². The number of aromatic nitrogens is 1. The first-order valence-corrected chi connectivity index (χ1v) is 10.1. The van der Waals surface area contributed by atoms with E-state index in [1.807, 2.05) is 44.2 Å². The van der Waals surface area contributed by atoms with E-state index in [0.717, 1.165) is 6.42 Å². The highest BCUT2D eigenvalue weighted by Crippen LogP contribution is 2.19. The van der Waals surface area contributed by atoms with Gasteiger partial charge in [-0.3, -0.25) is 4.57 Å². The lowest BCUT2D eigenvalue weighted by Crippen LogP contribution is -2.32. The van der Waals surface area contributed by atoms with Crippen LogP contribution in [0.1, 0.15) is 25.8 Å². The Morgan fingerprint density at radius 1 is 1.15 bits per heavy atom. The van der Waals surface area contributed by atoms with Crippen molar-refractivity contribution < 1.29 is 12.8 Å². The summed E-state index contributed by atoms with van der Waals surface area (Å²) in [6.45, 7) is 4.14. The third-order valence-electron chi connectivity index (χ3n) is 4.33. The van der Waals surface area contributed by atoms with Crippen LogP contribution in [0.2, 0.25) is 0 Å². The fraction of sp³-hybridized carbons (Fsp3) is 0.316. The van der Waals surface area contributed by atoms with Gasteiger partial charge in [0.25, 0.3) is 0 Å². The van der Waals surface area contributed by atoms with Crippen molar-refractivity contribution in [2.24, 2.45) is 0 Å². The van der Waals surface area contributed by atoms with E-state index in [-0.39, 0.29) is 16.5 Å². The summed E-state index contributed by atoms with van der Waals surface area (Å²) in [5.74, 6) is -0.485. The van der Waals surface area contributed by atoms with Gasteiger partial charge in [0, 0.05) is 18.7 Å². The second-order valence-electron chi connectivity index (χ2n) is 6.29. The van der Waals surface area contributed by atoms with E-state index < -0.39 is 15.8 Å². The maximum Gasteiger partial charge on any atom is 0.419 e. The number of oxazole rings is 1. The molecule has 26 heavy (non-hydrogen) atoms. The van der Waals surface area contributed by atoms with E-state index in [4.69, 9.17) is 4.42 Å². The summed E-state index contributed by atoms with van der Waals surface area (Å²) < 4.78 is 34.5. The zero-order valence-corrected chi connectivity index (χ0v) is 15.6. The Morgan fingerprint density at radius 2 is 1.88 bits per heavy atom. The highest BCUT2D eigenvalue weighted by molar-refractivity contribution is 7.89. The molecule has 0 saturated heterocycles. The van der Waals surface area contributed by atoms with Crippen LogP contribution in [-0.4, -0.2) is 19.0 Å². The van der Waals surface area contributed by atoms with Crippen molar-refractivity contribution in [3.8, 4) is 0 Å². The van der Waals surface area contributed by atoms with Crippen LogP contribution in [-0.2, 0) is 23.0 Å². The molecular formula is C19H22N2O4S. The maximum absolute atomic E-state index is 12.6. The highest BCUT2D eigenvalue weighted by atomic mass is 32.2. The van der Waals surface area contributed by atoms with E-state index in [0.29, 0.717) is 18.5 Å². The molecule has 3 aromatic rings. The van der Waals surface area contributed by atoms with Crippen LogP contribution in [0.4, 0.5) is 0 Å². The molecule has 1 aromatic heterocycles. The van der Waals surface area contributed by atoms with Crippen molar-refractivity contribution in [1.82, 2.24) is 9.29 Å². The van der Waals surface area contributed by atoms with Gasteiger partial charge in [-0.25, -0.2) is 17.9 Å². The number of sulfonamides is 1. The fourth-order valence-electron chi connectivity index (χ4n) is 2.93. The van der Waals surface area contributed by atoms with Gasteiger partial charge >= 0.3 is 5.76 Å². The molecule has 1 N–H and O–H groups in total. The molecule has 7 heteroatoms. The standard InChI is InChI=1S/C19H22N2O4S/c1-3-21-17-12-11-16(13-18(17)25-19(21)22)26(23,24)20-14(2)9-10-15-7-5-4-6-8-15/h4-8,11-14,20H,3,9-10H2,1-2H3/t14-/m0/s1. The van der Waals surface area contributed by atoms with Crippen molar-refractivity contribution in [2.75, 3.05) is 0 Å². The zero-order chi connectivity index (χ0) is 18.7. The normalized spacial score (nSPS) is 13.2. The van der Waals surface area contributed by atoms with Crippen LogP contribution >= 0.6 is 0 Å². The third-order valence-corrected chi connectivity index (χ3v) is 5.92. The predicted octanol–water partition coefficient (Wildman–Crippen LogP) is 2.91. The van der Waals surface area contributed by atoms with Gasteiger partial charge in [0.15, 0.2) is 5.58 Å². The number of hydrogen-bond donors (Lipinski definition) is 1. The molecule has 0 aliphatic carbocycles. The lowest BCUT2D eigenvalue weighted by molar-refractivity contribution is 0.512. The summed E-state index contributed by atoms with van der Waals surface area (Å²) >= 11 is 0. The van der Waals surface area contributed by atoms with Crippen molar-refractivity contribution in [2.45, 2.75) is 44.2 Å². The van der Waals surface area contributed by atoms with Gasteiger partial charge in [-0.1, -0.05) is 30.3 Å². The maximum atomic E-state index is 12.6. The number of nitrogens with one attached hydrogen (secondary N) is 1. The molecule has 1 atom stereocenters. The second-order valence-corrected chi connectivity index (χ2v) is 8.00. The highest BCUT2D eigenvalue weighted by Gasteiger charge is 2.19. The number of hydrogen-bond acceptors (Lipinski definition) is 4. The first kappa shape index (κ1) is 18.4. The van der Waals surface area contributed by atoms with Gasteiger partial charge in [0.05, 0.1) is 10.4 Å². The molecule has 2 aromatic carbocycles. The topological polar surface area (TPSA) is 81.3 Å². The van der Waals surface area contributed by atoms with E-state index in [1.165, 1.54) is 22.3 Å². The summed E-state index contributed by atoms with van der Waals surface area (Å²) in [5.41, 5.74) is 2.04. The molecule has 138 valence electrons. The van der Waals surface area contributed by atoms with Gasteiger partial charge < -0.3 is 4.42 Å². The van der Waals surface area contributed by atoms with Crippen LogP contribution in [0.25, 0.3) is 11.1 Å². The fourth-order valence-corrected chi connectivity index (χ4v) is 4.23. The number of fused-ring (bicyclic) bond motifs is 1. The van der Waals surface area contributed by atoms with Gasteiger partial charge in [-0.2, -0.15) is 0 Å². The Hall–Kier alpha value is -2.38. The van der Waals surface area contributed by atoms with Crippen molar-refractivity contribution >= 4 is 21.1 Å². The number of benzene rings is 2. The predicted molar refractivity (Wildman–Crippen MR) is 101 cm³/mol. The summed E-state index contributed by atoms with van der Waals surface area (Å²) in [7, 11) is -3.69. The van der Waals surface area contributed by atoms with E-state index in [2.05, 4.69) is 4.72 Å². The quantitative estimate of drug-likeness (QED) is 0.689. The summed E-state index contributed by atoms with van der Waals surface area (Å²) in [5, 5.41) is 0. The Morgan fingerprint density at radius 3 is 2.58 bits per heavy atom. The van der Waals surface area contributed by atoms with Crippen LogP contribution in [0, 0.1) is 0 Å². The molecule has 6 nitrogen and oxygen atoms in total. The minimum absolute atomic E-state index is 0.0913. The minimum Gasteiger partial charge on any atom is -0.408 e. The second kappa shape index (κ2) is 7.47. The molecule has 0 spiro atoms. The van der Waals surface area contributed by atoms with Gasteiger partial charge in [-0.15, -0.1) is 0 Å². The van der Waals surface area contributed by atoms with E-state index in [1.54, 1.807) is 6.07 Å². The minimum atomic E-state index is -3.69. The molecule has 0 unspecified atom stereocenters. The lowest BCUT2D eigenvalue weighted by atomic mass is 10.1. The number of aryl methyl sites for hydroxylation is 2. The largest absolute Gasteiger partial charge is 0.419 e. The Balaban J connectivity index is 1.75. The van der Waals surface area contributed by atoms with Crippen molar-refractivity contribution in [3.63, 3.8) is 0 Å². The summed E-state index contributed by atoms with van der Waals surface area (Å²) in [4.78, 5) is 11.9. The molecule has 0 amide bonds. The Labute approximate surface area is 152 Å². The molecule has 0 aliphatic heterocycles. The average Bonchev–Trinajstić information content (AvgIpc) is 2.94. The molecule has 0 radical (unpaired) electrons. The van der Waals surface area contributed by atoms with Crippen molar-refractivity contribution in [3.05, 3.63) is 64.6 Å². The summed E-state index contributed by atoms with van der Waals surface area (Å²) in [6, 6.07) is 14.2. The van der Waals surface area contributed by atoms with Crippen LogP contribution < -0.4 is 10.5 Å². The molecular weight excluding hydrogens is 352 g/mol. The van der Waals surface area contributed by atoms with E-state index in [9.17, 15) is 13.2 Å². The molecule has 3 rings (SSSR count). The Bertz CT molecular complexity index is 1050. The molecule has 0 aliphatic rings. The van der Waals surface area contributed by atoms with Gasteiger partial charge in [0.1, 0.15) is 0 Å². The lowest BCUT2D eigenvalue weighted by Gasteiger charge is -2.14. The molecule has 0 bridgehead atoms. The zero-order valence-electron chi connectivity index (χ0n) is 14.8. The molecule has 0 fully saturated rings. The average molecular weight is 374 g/mol. The van der Waals surface area contributed by atoms with Crippen LogP contribution in [0.15, 0.2) is 62.6 Å².